The van der Waals surface area contributed by atoms with Gasteiger partial charge in [-0.05, 0) is 60.7 Å². The van der Waals surface area contributed by atoms with Crippen molar-refractivity contribution in [1.29, 1.82) is 0 Å². The number of rotatable bonds is 3. The van der Waals surface area contributed by atoms with E-state index < -0.39 is 11.0 Å². The molecule has 2 aromatic carbocycles. The highest BCUT2D eigenvalue weighted by atomic mass is 32.2. The van der Waals surface area contributed by atoms with Gasteiger partial charge in [0.05, 0.1) is 0 Å². The standard InChI is InChI=1S/C19H19N3O2S.C2H6/c1-13-11-16(22-9-2-10-25(22)24)5-6-17(13)19(23)21-15-4-3-14-7-8-20-18(14)12-15;1-2/h3-8,11-12,20H,2,9-10H2,1H3,(H,21,23);1-2H3. The van der Waals surface area contributed by atoms with E-state index >= 15 is 0 Å². The molecule has 5 nitrogen and oxygen atoms in total. The highest BCUT2D eigenvalue weighted by Gasteiger charge is 2.21. The van der Waals surface area contributed by atoms with E-state index in [0.29, 0.717) is 11.3 Å². The third-order valence-corrected chi connectivity index (χ3v) is 6.00. The van der Waals surface area contributed by atoms with Gasteiger partial charge in [-0.2, -0.15) is 0 Å². The van der Waals surface area contributed by atoms with E-state index in [1.54, 1.807) is 0 Å². The first-order chi connectivity index (χ1) is 13.1. The van der Waals surface area contributed by atoms with Crippen LogP contribution in [0.3, 0.4) is 0 Å². The van der Waals surface area contributed by atoms with Crippen molar-refractivity contribution in [2.45, 2.75) is 27.2 Å². The fourth-order valence-corrected chi connectivity index (χ4v) is 4.45. The van der Waals surface area contributed by atoms with Crippen LogP contribution in [0.4, 0.5) is 11.4 Å². The van der Waals surface area contributed by atoms with Crippen molar-refractivity contribution in [1.82, 2.24) is 4.98 Å². The molecule has 0 saturated carbocycles. The predicted molar refractivity (Wildman–Crippen MR) is 114 cm³/mol. The van der Waals surface area contributed by atoms with Crippen molar-refractivity contribution in [3.63, 3.8) is 0 Å². The third kappa shape index (κ3) is 4.06. The van der Waals surface area contributed by atoms with Gasteiger partial charge in [-0.25, -0.2) is 4.21 Å². The quantitative estimate of drug-likeness (QED) is 0.693. The molecule has 1 fully saturated rings. The molecule has 2 heterocycles. The summed E-state index contributed by atoms with van der Waals surface area (Å²) in [7, 11) is -0.949. The lowest BCUT2D eigenvalue weighted by Crippen LogP contribution is -2.20. The second-order valence-electron chi connectivity index (χ2n) is 6.21. The molecule has 0 aliphatic carbocycles. The van der Waals surface area contributed by atoms with Crippen molar-refractivity contribution in [2.75, 3.05) is 21.9 Å². The van der Waals surface area contributed by atoms with Crippen molar-refractivity contribution in [3.05, 3.63) is 59.8 Å². The van der Waals surface area contributed by atoms with Crippen LogP contribution >= 0.6 is 0 Å². The molecule has 3 aromatic rings. The van der Waals surface area contributed by atoms with Gasteiger partial charge in [-0.1, -0.05) is 19.9 Å². The number of amides is 1. The highest BCUT2D eigenvalue weighted by Crippen LogP contribution is 2.25. The molecule has 1 aromatic heterocycles. The Morgan fingerprint density at radius 2 is 1.96 bits per heavy atom. The van der Waals surface area contributed by atoms with E-state index in [1.165, 1.54) is 0 Å². The minimum Gasteiger partial charge on any atom is -0.361 e. The number of carbonyl (C=O) groups excluding carboxylic acids is 1. The smallest absolute Gasteiger partial charge is 0.255 e. The summed E-state index contributed by atoms with van der Waals surface area (Å²) in [6, 6.07) is 13.4. The lowest BCUT2D eigenvalue weighted by molar-refractivity contribution is 0.102. The van der Waals surface area contributed by atoms with Crippen molar-refractivity contribution < 1.29 is 9.00 Å². The van der Waals surface area contributed by atoms with Crippen LogP contribution in [0.25, 0.3) is 10.9 Å². The zero-order valence-corrected chi connectivity index (χ0v) is 16.7. The molecule has 2 N–H and O–H groups in total. The lowest BCUT2D eigenvalue weighted by Gasteiger charge is -2.17. The maximum Gasteiger partial charge on any atom is 0.255 e. The molecule has 0 bridgehead atoms. The van der Waals surface area contributed by atoms with Crippen LogP contribution in [0, 0.1) is 6.92 Å². The van der Waals surface area contributed by atoms with Gasteiger partial charge in [0.15, 0.2) is 0 Å². The second kappa shape index (κ2) is 8.39. The van der Waals surface area contributed by atoms with Gasteiger partial charge in [0, 0.05) is 40.9 Å². The van der Waals surface area contributed by atoms with E-state index in [-0.39, 0.29) is 5.91 Å². The summed E-state index contributed by atoms with van der Waals surface area (Å²) in [6.45, 7) is 6.71. The number of aromatic amines is 1. The van der Waals surface area contributed by atoms with Crippen molar-refractivity contribution in [3.8, 4) is 0 Å². The summed E-state index contributed by atoms with van der Waals surface area (Å²) < 4.78 is 13.9. The van der Waals surface area contributed by atoms with Gasteiger partial charge in [0.2, 0.25) is 0 Å². The van der Waals surface area contributed by atoms with Crippen LogP contribution in [-0.2, 0) is 11.0 Å². The molecule has 1 atom stereocenters. The van der Waals surface area contributed by atoms with Gasteiger partial charge in [-0.3, -0.25) is 9.10 Å². The molecular weight excluding hydrogens is 358 g/mol. The number of anilines is 2. The number of hydrogen-bond acceptors (Lipinski definition) is 2. The number of fused-ring (bicyclic) bond motifs is 1. The molecule has 27 heavy (non-hydrogen) atoms. The Bertz CT molecular complexity index is 980. The van der Waals surface area contributed by atoms with Gasteiger partial charge in [-0.15, -0.1) is 0 Å². The van der Waals surface area contributed by atoms with Crippen molar-refractivity contribution >= 4 is 39.2 Å². The molecule has 6 heteroatoms. The lowest BCUT2D eigenvalue weighted by atomic mass is 10.1. The van der Waals surface area contributed by atoms with E-state index in [9.17, 15) is 9.00 Å². The average molecular weight is 384 g/mol. The number of hydrogen-bond donors (Lipinski definition) is 2. The summed E-state index contributed by atoms with van der Waals surface area (Å²) in [5.74, 6) is 0.570. The first-order valence-corrected chi connectivity index (χ1v) is 10.5. The Morgan fingerprint density at radius 1 is 1.15 bits per heavy atom. The molecule has 1 aliphatic heterocycles. The summed E-state index contributed by atoms with van der Waals surface area (Å²) in [4.78, 5) is 15.8. The fourth-order valence-electron chi connectivity index (χ4n) is 3.17. The largest absolute Gasteiger partial charge is 0.361 e. The van der Waals surface area contributed by atoms with Crippen LogP contribution in [-0.4, -0.2) is 27.4 Å². The van der Waals surface area contributed by atoms with Gasteiger partial charge in [0.25, 0.3) is 5.91 Å². The second-order valence-corrected chi connectivity index (χ2v) is 7.71. The van der Waals surface area contributed by atoms with Gasteiger partial charge < -0.3 is 10.3 Å². The highest BCUT2D eigenvalue weighted by molar-refractivity contribution is 7.86. The molecule has 4 rings (SSSR count). The summed E-state index contributed by atoms with van der Waals surface area (Å²) in [5.41, 5.74) is 4.16. The fraction of sp³-hybridized carbons (Fsp3) is 0.286. The minimum atomic E-state index is -0.949. The Labute approximate surface area is 162 Å². The number of benzene rings is 2. The molecule has 1 saturated heterocycles. The number of aromatic nitrogens is 1. The van der Waals surface area contributed by atoms with Gasteiger partial charge in [0.1, 0.15) is 11.0 Å². The van der Waals surface area contributed by atoms with Gasteiger partial charge >= 0.3 is 0 Å². The Kier molecular flexibility index (Phi) is 5.96. The van der Waals surface area contributed by atoms with E-state index in [0.717, 1.165) is 40.8 Å². The Hall–Kier alpha value is -2.60. The Balaban J connectivity index is 0.00000102. The van der Waals surface area contributed by atoms with Crippen LogP contribution in [0.15, 0.2) is 48.7 Å². The number of nitrogens with one attached hydrogen (secondary N) is 2. The molecular formula is C21H25N3O2S. The zero-order chi connectivity index (χ0) is 19.4. The van der Waals surface area contributed by atoms with Crippen LogP contribution < -0.4 is 9.62 Å². The van der Waals surface area contributed by atoms with Crippen molar-refractivity contribution in [2.24, 2.45) is 0 Å². The first kappa shape index (κ1) is 19.2. The molecule has 0 radical (unpaired) electrons. The van der Waals surface area contributed by atoms with E-state index in [4.69, 9.17) is 0 Å². The number of carbonyl (C=O) groups is 1. The number of nitrogens with zero attached hydrogens (tertiary/aromatic N) is 1. The summed E-state index contributed by atoms with van der Waals surface area (Å²) >= 11 is 0. The van der Waals surface area contributed by atoms with Crippen LogP contribution in [0.5, 0.6) is 0 Å². The minimum absolute atomic E-state index is 0.141. The average Bonchev–Trinajstić information content (AvgIpc) is 3.31. The van der Waals surface area contributed by atoms with Crippen LogP contribution in [0.1, 0.15) is 36.2 Å². The van der Waals surface area contributed by atoms with Crippen LogP contribution in [0.2, 0.25) is 0 Å². The SMILES string of the molecule is CC.Cc1cc(N2CCCS2=O)ccc1C(=O)Nc1ccc2cc[nH]c2c1. The number of aryl methyl sites for hydroxylation is 1. The number of H-pyrrole nitrogens is 1. The Morgan fingerprint density at radius 3 is 2.67 bits per heavy atom. The molecule has 1 amide bonds. The molecule has 0 spiro atoms. The normalized spacial score (nSPS) is 16.1. The topological polar surface area (TPSA) is 65.2 Å². The monoisotopic (exact) mass is 383 g/mol. The first-order valence-electron chi connectivity index (χ1n) is 9.27. The summed E-state index contributed by atoms with van der Waals surface area (Å²) in [6.07, 6.45) is 2.82. The third-order valence-electron chi connectivity index (χ3n) is 4.48. The predicted octanol–water partition coefficient (Wildman–Crippen LogP) is 4.63. The van der Waals surface area contributed by atoms with E-state index in [2.05, 4.69) is 10.3 Å². The molecule has 1 unspecified atom stereocenters. The maximum atomic E-state index is 12.6. The van der Waals surface area contributed by atoms with E-state index in [1.807, 2.05) is 73.7 Å². The zero-order valence-electron chi connectivity index (χ0n) is 15.9. The maximum absolute atomic E-state index is 12.6. The molecule has 1 aliphatic rings. The summed E-state index contributed by atoms with van der Waals surface area (Å²) in [5, 5.41) is 4.05. The molecule has 142 valence electrons.